The maximum Gasteiger partial charge on any atom is 0.262 e. The van der Waals surface area contributed by atoms with Gasteiger partial charge in [0.05, 0.1) is 10.3 Å². The average Bonchev–Trinajstić information content (AvgIpc) is 3.40. The average molecular weight is 399 g/mol. The molecule has 1 amide bonds. The van der Waals surface area contributed by atoms with E-state index < -0.39 is 15.4 Å². The van der Waals surface area contributed by atoms with Crippen LogP contribution >= 0.6 is 0 Å². The number of amides is 1. The molecule has 0 radical (unpaired) electrons. The molecule has 0 aromatic heterocycles. The van der Waals surface area contributed by atoms with E-state index in [-0.39, 0.29) is 5.91 Å². The van der Waals surface area contributed by atoms with Gasteiger partial charge in [-0.15, -0.1) is 6.58 Å². The Kier molecular flexibility index (Phi) is 5.35. The largest absolute Gasteiger partial charge is 0.352 e. The molecule has 0 heterocycles. The van der Waals surface area contributed by atoms with Crippen molar-refractivity contribution in [1.82, 2.24) is 5.32 Å². The molecule has 1 aliphatic carbocycles. The van der Waals surface area contributed by atoms with Crippen molar-refractivity contribution in [3.8, 4) is 0 Å². The third kappa shape index (κ3) is 3.83. The lowest BCUT2D eigenvalue weighted by Crippen LogP contribution is -2.34. The fourth-order valence-electron chi connectivity index (χ4n) is 3.76. The van der Waals surface area contributed by atoms with Crippen LogP contribution in [0.2, 0.25) is 0 Å². The van der Waals surface area contributed by atoms with Crippen molar-refractivity contribution in [3.05, 3.63) is 71.3 Å². The van der Waals surface area contributed by atoms with Gasteiger partial charge in [0.2, 0.25) is 5.91 Å². The van der Waals surface area contributed by atoms with E-state index in [1.54, 1.807) is 32.1 Å². The Morgan fingerprint density at radius 1 is 1.11 bits per heavy atom. The van der Waals surface area contributed by atoms with Crippen LogP contribution in [0.15, 0.2) is 53.9 Å². The van der Waals surface area contributed by atoms with E-state index in [4.69, 9.17) is 0 Å². The Balaban J connectivity index is 1.82. The highest BCUT2D eigenvalue weighted by atomic mass is 32.2. The molecule has 2 aromatic rings. The number of benzene rings is 2. The number of anilines is 1. The summed E-state index contributed by atoms with van der Waals surface area (Å²) in [5.74, 6) is -0.00774. The second-order valence-corrected chi connectivity index (χ2v) is 9.11. The van der Waals surface area contributed by atoms with Crippen LogP contribution in [-0.4, -0.2) is 20.9 Å². The highest BCUT2D eigenvalue weighted by molar-refractivity contribution is 7.92. The lowest BCUT2D eigenvalue weighted by atomic mass is 9.95. The van der Waals surface area contributed by atoms with Crippen LogP contribution in [0.5, 0.6) is 0 Å². The van der Waals surface area contributed by atoms with Crippen molar-refractivity contribution in [2.24, 2.45) is 0 Å². The molecule has 3 rings (SSSR count). The summed E-state index contributed by atoms with van der Waals surface area (Å²) < 4.78 is 28.4. The maximum atomic E-state index is 12.9. The molecule has 2 aromatic carbocycles. The SMILES string of the molecule is C=CCNC(=O)C1(c2ccc(NS(=O)(=O)c3c(C)cc(C)cc3C)cc2)CC1. The first-order valence-corrected chi connectivity index (χ1v) is 10.8. The number of rotatable bonds is 7. The van der Waals surface area contributed by atoms with Crippen LogP contribution in [0.3, 0.4) is 0 Å². The van der Waals surface area contributed by atoms with Crippen LogP contribution in [0.1, 0.15) is 35.1 Å². The van der Waals surface area contributed by atoms with Gasteiger partial charge in [0.1, 0.15) is 0 Å². The normalized spacial score (nSPS) is 15.0. The third-order valence-corrected chi connectivity index (χ3v) is 6.84. The van der Waals surface area contributed by atoms with Gasteiger partial charge >= 0.3 is 0 Å². The minimum Gasteiger partial charge on any atom is -0.352 e. The minimum absolute atomic E-state index is 0.00774. The van der Waals surface area contributed by atoms with Gasteiger partial charge in [-0.05, 0) is 62.4 Å². The summed E-state index contributed by atoms with van der Waals surface area (Å²) in [7, 11) is -3.69. The number of sulfonamides is 1. The van der Waals surface area contributed by atoms with Crippen molar-refractivity contribution in [3.63, 3.8) is 0 Å². The zero-order chi connectivity index (χ0) is 20.5. The molecular formula is C22H26N2O3S. The Hall–Kier alpha value is -2.60. The second kappa shape index (κ2) is 7.43. The van der Waals surface area contributed by atoms with Crippen molar-refractivity contribution in [1.29, 1.82) is 0 Å². The van der Waals surface area contributed by atoms with E-state index in [9.17, 15) is 13.2 Å². The molecule has 0 atom stereocenters. The topological polar surface area (TPSA) is 75.3 Å². The fraction of sp³-hybridized carbons (Fsp3) is 0.318. The van der Waals surface area contributed by atoms with Crippen LogP contribution in [0.25, 0.3) is 0 Å². The molecule has 28 heavy (non-hydrogen) atoms. The number of carbonyl (C=O) groups is 1. The predicted octanol–water partition coefficient (Wildman–Crippen LogP) is 3.75. The first-order chi connectivity index (χ1) is 13.2. The fourth-order valence-corrected chi connectivity index (χ4v) is 5.27. The van der Waals surface area contributed by atoms with Gasteiger partial charge in [0.25, 0.3) is 10.0 Å². The van der Waals surface area contributed by atoms with E-state index in [0.717, 1.165) is 35.1 Å². The molecule has 0 unspecified atom stereocenters. The summed E-state index contributed by atoms with van der Waals surface area (Å²) in [6.07, 6.45) is 3.24. The first-order valence-electron chi connectivity index (χ1n) is 9.30. The van der Waals surface area contributed by atoms with Crippen LogP contribution in [0.4, 0.5) is 5.69 Å². The van der Waals surface area contributed by atoms with Gasteiger partial charge in [-0.2, -0.15) is 0 Å². The van der Waals surface area contributed by atoms with Crippen LogP contribution < -0.4 is 10.0 Å². The van der Waals surface area contributed by atoms with Crippen LogP contribution in [0, 0.1) is 20.8 Å². The van der Waals surface area contributed by atoms with Gasteiger partial charge in [-0.1, -0.05) is 35.9 Å². The first kappa shape index (κ1) is 20.1. The molecule has 2 N–H and O–H groups in total. The summed E-state index contributed by atoms with van der Waals surface area (Å²) in [6.45, 7) is 9.60. The number of nitrogens with one attached hydrogen (secondary N) is 2. The number of aryl methyl sites for hydroxylation is 3. The molecule has 0 saturated heterocycles. The molecule has 0 bridgehead atoms. The quantitative estimate of drug-likeness (QED) is 0.698. The molecular weight excluding hydrogens is 372 g/mol. The molecule has 1 aliphatic rings. The lowest BCUT2D eigenvalue weighted by Gasteiger charge is -2.17. The Labute approximate surface area is 166 Å². The number of hydrogen-bond acceptors (Lipinski definition) is 3. The van der Waals surface area contributed by atoms with Crippen molar-refractivity contribution >= 4 is 21.6 Å². The summed E-state index contributed by atoms with van der Waals surface area (Å²) in [5.41, 5.74) is 3.35. The summed E-state index contributed by atoms with van der Waals surface area (Å²) in [6, 6.07) is 10.8. The zero-order valence-corrected chi connectivity index (χ0v) is 17.3. The monoisotopic (exact) mass is 398 g/mol. The molecule has 6 heteroatoms. The smallest absolute Gasteiger partial charge is 0.262 e. The van der Waals surface area contributed by atoms with E-state index in [2.05, 4.69) is 16.6 Å². The Morgan fingerprint density at radius 3 is 2.18 bits per heavy atom. The Morgan fingerprint density at radius 2 is 1.68 bits per heavy atom. The van der Waals surface area contributed by atoms with E-state index in [1.807, 2.05) is 31.2 Å². The number of hydrogen-bond donors (Lipinski definition) is 2. The predicted molar refractivity (Wildman–Crippen MR) is 112 cm³/mol. The van der Waals surface area contributed by atoms with Gasteiger partial charge in [0.15, 0.2) is 0 Å². The third-order valence-electron chi connectivity index (χ3n) is 5.15. The maximum absolute atomic E-state index is 12.9. The molecule has 0 spiro atoms. The van der Waals surface area contributed by atoms with Crippen LogP contribution in [-0.2, 0) is 20.2 Å². The van der Waals surface area contributed by atoms with Gasteiger partial charge < -0.3 is 5.32 Å². The van der Waals surface area contributed by atoms with E-state index in [0.29, 0.717) is 17.1 Å². The summed E-state index contributed by atoms with van der Waals surface area (Å²) >= 11 is 0. The zero-order valence-electron chi connectivity index (χ0n) is 16.5. The summed E-state index contributed by atoms with van der Waals surface area (Å²) in [4.78, 5) is 12.7. The van der Waals surface area contributed by atoms with Gasteiger partial charge in [0, 0.05) is 12.2 Å². The van der Waals surface area contributed by atoms with E-state index in [1.165, 1.54) is 0 Å². The van der Waals surface area contributed by atoms with Gasteiger partial charge in [-0.25, -0.2) is 8.42 Å². The molecule has 1 fully saturated rings. The van der Waals surface area contributed by atoms with E-state index >= 15 is 0 Å². The molecule has 5 nitrogen and oxygen atoms in total. The number of carbonyl (C=O) groups excluding carboxylic acids is 1. The van der Waals surface area contributed by atoms with Crippen molar-refractivity contribution in [2.75, 3.05) is 11.3 Å². The van der Waals surface area contributed by atoms with Gasteiger partial charge in [-0.3, -0.25) is 9.52 Å². The standard InChI is InChI=1S/C22H26N2O3S/c1-5-12-23-21(25)22(10-11-22)18-6-8-19(9-7-18)24-28(26,27)20-16(3)13-15(2)14-17(20)4/h5-9,13-14,24H,1,10-12H2,2-4H3,(H,23,25). The van der Waals surface area contributed by atoms with Crippen molar-refractivity contribution in [2.45, 2.75) is 43.9 Å². The molecule has 0 aliphatic heterocycles. The lowest BCUT2D eigenvalue weighted by molar-refractivity contribution is -0.123. The highest BCUT2D eigenvalue weighted by Gasteiger charge is 2.50. The Bertz CT molecular complexity index is 997. The highest BCUT2D eigenvalue weighted by Crippen LogP contribution is 2.48. The molecule has 1 saturated carbocycles. The minimum atomic E-state index is -3.69. The van der Waals surface area contributed by atoms with Crippen molar-refractivity contribution < 1.29 is 13.2 Å². The molecule has 148 valence electrons. The summed E-state index contributed by atoms with van der Waals surface area (Å²) in [5, 5.41) is 2.86. The second-order valence-electron chi connectivity index (χ2n) is 7.49.